The van der Waals surface area contributed by atoms with Gasteiger partial charge in [-0.25, -0.2) is 0 Å². The van der Waals surface area contributed by atoms with Crippen molar-refractivity contribution >= 4 is 23.9 Å². The Morgan fingerprint density at radius 3 is 1.67 bits per heavy atom. The number of nitrogens with zero attached hydrogens (tertiary/aromatic N) is 3. The number of nitrogens with one attached hydrogen (secondary N) is 1. The number of hydrogen-bond donors (Lipinski definition) is 2. The molecule has 0 aliphatic carbocycles. The number of hydrazine groups is 1. The van der Waals surface area contributed by atoms with E-state index >= 15 is 0 Å². The molecule has 4 aromatic rings. The van der Waals surface area contributed by atoms with Crippen molar-refractivity contribution in [3.8, 4) is 0 Å². The van der Waals surface area contributed by atoms with Crippen LogP contribution in [0.3, 0.4) is 0 Å². The molecule has 0 aliphatic rings. The standard InChI is InChI=1S/C12H10N2.C6H8N2.C6H5NO/c1-2-6-11(7-3-1)14-10-12-8-4-5-9-13-12;7-8-6-4-2-1-3-5-6;8-5-6-3-1-2-4-7-6/h1-10H;1-5,8H,7H2;1-5H. The van der Waals surface area contributed by atoms with Gasteiger partial charge in [0.25, 0.3) is 0 Å². The van der Waals surface area contributed by atoms with Crippen molar-refractivity contribution in [2.45, 2.75) is 0 Å². The fourth-order valence-electron chi connectivity index (χ4n) is 2.09. The Kier molecular flexibility index (Phi) is 10.3. The summed E-state index contributed by atoms with van der Waals surface area (Å²) in [6, 6.07) is 30.4. The molecule has 0 saturated carbocycles. The number of pyridine rings is 2. The van der Waals surface area contributed by atoms with Crippen molar-refractivity contribution < 1.29 is 4.79 Å². The van der Waals surface area contributed by atoms with E-state index in [1.54, 1.807) is 36.8 Å². The number of hydrogen-bond acceptors (Lipinski definition) is 6. The maximum absolute atomic E-state index is 9.94. The summed E-state index contributed by atoms with van der Waals surface area (Å²) in [5.41, 5.74) is 5.76. The Balaban J connectivity index is 0.000000172. The van der Waals surface area contributed by atoms with Crippen molar-refractivity contribution in [2.75, 3.05) is 5.43 Å². The Bertz CT molecular complexity index is 938. The summed E-state index contributed by atoms with van der Waals surface area (Å²) in [7, 11) is 0. The molecular weight excluding hydrogens is 374 g/mol. The first kappa shape index (κ1) is 22.1. The smallest absolute Gasteiger partial charge is 0.168 e. The quantitative estimate of drug-likeness (QED) is 0.225. The van der Waals surface area contributed by atoms with Gasteiger partial charge < -0.3 is 5.43 Å². The fraction of sp³-hybridized carbons (Fsp3) is 0. The molecular formula is C24H23N5O. The van der Waals surface area contributed by atoms with Gasteiger partial charge in [0.2, 0.25) is 0 Å². The number of para-hydroxylation sites is 2. The third-order valence-corrected chi connectivity index (χ3v) is 3.54. The Morgan fingerprint density at radius 1 is 0.700 bits per heavy atom. The lowest BCUT2D eigenvalue weighted by atomic mass is 10.3. The molecule has 0 unspecified atom stereocenters. The van der Waals surface area contributed by atoms with Gasteiger partial charge in [0.05, 0.1) is 17.6 Å². The number of carbonyl (C=O) groups is 1. The second-order valence-corrected chi connectivity index (χ2v) is 5.73. The number of rotatable bonds is 4. The van der Waals surface area contributed by atoms with E-state index in [2.05, 4.69) is 20.4 Å². The van der Waals surface area contributed by atoms with Crippen LogP contribution in [0.15, 0.2) is 114 Å². The van der Waals surface area contributed by atoms with E-state index in [4.69, 9.17) is 5.84 Å². The second kappa shape index (κ2) is 13.9. The summed E-state index contributed by atoms with van der Waals surface area (Å²) in [4.78, 5) is 22.1. The van der Waals surface area contributed by atoms with Crippen LogP contribution in [0.5, 0.6) is 0 Å². The van der Waals surface area contributed by atoms with E-state index in [1.807, 2.05) is 78.9 Å². The zero-order chi connectivity index (χ0) is 21.3. The van der Waals surface area contributed by atoms with Crippen LogP contribution >= 0.6 is 0 Å². The van der Waals surface area contributed by atoms with Gasteiger partial charge in [-0.3, -0.25) is 25.6 Å². The van der Waals surface area contributed by atoms with Gasteiger partial charge in [-0.2, -0.15) is 0 Å². The predicted octanol–water partition coefficient (Wildman–Crippen LogP) is 4.70. The van der Waals surface area contributed by atoms with Crippen LogP contribution in [0.25, 0.3) is 0 Å². The molecule has 0 spiro atoms. The van der Waals surface area contributed by atoms with Gasteiger partial charge in [-0.1, -0.05) is 48.5 Å². The van der Waals surface area contributed by atoms with E-state index in [-0.39, 0.29) is 0 Å². The minimum Gasteiger partial charge on any atom is -0.324 e. The van der Waals surface area contributed by atoms with E-state index in [0.29, 0.717) is 5.69 Å². The van der Waals surface area contributed by atoms with Crippen molar-refractivity contribution in [3.63, 3.8) is 0 Å². The molecule has 0 radical (unpaired) electrons. The largest absolute Gasteiger partial charge is 0.324 e. The minimum absolute atomic E-state index is 0.479. The molecule has 30 heavy (non-hydrogen) atoms. The first-order valence-corrected chi connectivity index (χ1v) is 9.20. The molecule has 3 N–H and O–H groups in total. The molecule has 150 valence electrons. The van der Waals surface area contributed by atoms with Crippen LogP contribution in [-0.4, -0.2) is 22.5 Å². The van der Waals surface area contributed by atoms with Crippen molar-refractivity contribution in [1.82, 2.24) is 9.97 Å². The Morgan fingerprint density at radius 2 is 1.23 bits per heavy atom. The summed E-state index contributed by atoms with van der Waals surface area (Å²) in [5, 5.41) is 0. The first-order chi connectivity index (χ1) is 14.8. The third kappa shape index (κ3) is 9.16. The average molecular weight is 397 g/mol. The van der Waals surface area contributed by atoms with Crippen LogP contribution in [-0.2, 0) is 0 Å². The van der Waals surface area contributed by atoms with E-state index in [9.17, 15) is 4.79 Å². The van der Waals surface area contributed by atoms with Gasteiger partial charge in [-0.05, 0) is 48.5 Å². The summed E-state index contributed by atoms with van der Waals surface area (Å²) in [6.07, 6.45) is 5.82. The molecule has 6 heteroatoms. The summed E-state index contributed by atoms with van der Waals surface area (Å²) < 4.78 is 0. The van der Waals surface area contributed by atoms with Gasteiger partial charge in [0.1, 0.15) is 5.69 Å². The van der Waals surface area contributed by atoms with Gasteiger partial charge in [0.15, 0.2) is 6.29 Å². The van der Waals surface area contributed by atoms with Gasteiger partial charge >= 0.3 is 0 Å². The van der Waals surface area contributed by atoms with Crippen LogP contribution in [0, 0.1) is 0 Å². The monoisotopic (exact) mass is 397 g/mol. The highest BCUT2D eigenvalue weighted by molar-refractivity contribution is 5.79. The van der Waals surface area contributed by atoms with Gasteiger partial charge in [0, 0.05) is 18.1 Å². The van der Waals surface area contributed by atoms with Crippen LogP contribution < -0.4 is 11.3 Å². The zero-order valence-electron chi connectivity index (χ0n) is 16.4. The lowest BCUT2D eigenvalue weighted by Crippen LogP contribution is -2.05. The highest BCUT2D eigenvalue weighted by Gasteiger charge is 1.86. The number of carbonyl (C=O) groups excluding carboxylic acids is 1. The topological polar surface area (TPSA) is 93.3 Å². The number of aldehydes is 1. The molecule has 2 aromatic heterocycles. The highest BCUT2D eigenvalue weighted by atomic mass is 16.1. The van der Waals surface area contributed by atoms with Crippen molar-refractivity contribution in [2.24, 2.45) is 10.8 Å². The fourth-order valence-corrected chi connectivity index (χ4v) is 2.09. The molecule has 0 saturated heterocycles. The van der Waals surface area contributed by atoms with Crippen LogP contribution in [0.2, 0.25) is 0 Å². The molecule has 0 atom stereocenters. The lowest BCUT2D eigenvalue weighted by Gasteiger charge is -1.94. The molecule has 6 nitrogen and oxygen atoms in total. The average Bonchev–Trinajstić information content (AvgIpc) is 2.86. The number of aliphatic imine (C=N–C) groups is 1. The minimum atomic E-state index is 0.479. The van der Waals surface area contributed by atoms with Crippen molar-refractivity contribution in [3.05, 3.63) is 121 Å². The maximum Gasteiger partial charge on any atom is 0.168 e. The number of aromatic nitrogens is 2. The molecule has 0 aliphatic heterocycles. The summed E-state index contributed by atoms with van der Waals surface area (Å²) in [5.74, 6) is 5.10. The number of nitrogen functional groups attached to an aromatic ring is 1. The molecule has 2 aromatic carbocycles. The maximum atomic E-state index is 9.94. The summed E-state index contributed by atoms with van der Waals surface area (Å²) >= 11 is 0. The molecule has 0 bridgehead atoms. The van der Waals surface area contributed by atoms with Crippen LogP contribution in [0.1, 0.15) is 16.2 Å². The number of anilines is 1. The zero-order valence-corrected chi connectivity index (χ0v) is 16.4. The predicted molar refractivity (Wildman–Crippen MR) is 122 cm³/mol. The number of benzene rings is 2. The second-order valence-electron chi connectivity index (χ2n) is 5.73. The van der Waals surface area contributed by atoms with Gasteiger partial charge in [-0.15, -0.1) is 0 Å². The number of nitrogens with two attached hydrogens (primary N) is 1. The Hall–Kier alpha value is -4.16. The first-order valence-electron chi connectivity index (χ1n) is 9.20. The molecule has 4 rings (SSSR count). The summed E-state index contributed by atoms with van der Waals surface area (Å²) in [6.45, 7) is 0. The van der Waals surface area contributed by atoms with E-state index < -0.39 is 0 Å². The highest BCUT2D eigenvalue weighted by Crippen LogP contribution is 2.09. The third-order valence-electron chi connectivity index (χ3n) is 3.54. The van der Waals surface area contributed by atoms with Crippen LogP contribution in [0.4, 0.5) is 11.4 Å². The molecule has 0 amide bonds. The normalized spacial score (nSPS) is 9.50. The lowest BCUT2D eigenvalue weighted by molar-refractivity contribution is 0.111. The van der Waals surface area contributed by atoms with E-state index in [1.165, 1.54) is 0 Å². The molecule has 2 heterocycles. The molecule has 0 fully saturated rings. The van der Waals surface area contributed by atoms with E-state index in [0.717, 1.165) is 23.4 Å². The Labute approximate surface area is 176 Å². The van der Waals surface area contributed by atoms with Crippen molar-refractivity contribution in [1.29, 1.82) is 0 Å². The SMILES string of the molecule is C(=Nc1ccccc1)c1ccccn1.NNc1ccccc1.O=Cc1ccccn1.